The number of rotatable bonds is 6. The molecule has 186 valence electrons. The molecule has 0 unspecified atom stereocenters. The Balaban J connectivity index is 1.50. The second-order valence-electron chi connectivity index (χ2n) is 8.79. The third kappa shape index (κ3) is 5.09. The van der Waals surface area contributed by atoms with Crippen molar-refractivity contribution in [3.63, 3.8) is 0 Å². The van der Waals surface area contributed by atoms with Gasteiger partial charge >= 0.3 is 0 Å². The van der Waals surface area contributed by atoms with Crippen molar-refractivity contribution in [1.82, 2.24) is 24.8 Å². The Bertz CT molecular complexity index is 1400. The van der Waals surface area contributed by atoms with E-state index in [1.165, 1.54) is 31.2 Å². The minimum Gasteiger partial charge on any atom is -0.354 e. The molecular formula is C25H24F3N7O. The smallest absolute Gasteiger partial charge is 0.229 e. The molecule has 0 saturated heterocycles. The summed E-state index contributed by atoms with van der Waals surface area (Å²) in [4.78, 5) is 25.0. The number of nitrogens with one attached hydrogen (secondary N) is 3. The molecule has 36 heavy (non-hydrogen) atoms. The maximum Gasteiger partial charge on any atom is 0.229 e. The molecule has 1 aliphatic rings. The van der Waals surface area contributed by atoms with Crippen LogP contribution in [0.1, 0.15) is 38.6 Å². The zero-order valence-corrected chi connectivity index (χ0v) is 19.4. The fourth-order valence-electron chi connectivity index (χ4n) is 4.52. The molecule has 11 heteroatoms. The zero-order valence-electron chi connectivity index (χ0n) is 19.4. The van der Waals surface area contributed by atoms with Crippen molar-refractivity contribution >= 4 is 40.3 Å². The number of benzene rings is 2. The van der Waals surface area contributed by atoms with Gasteiger partial charge in [-0.05, 0) is 62.1 Å². The van der Waals surface area contributed by atoms with Gasteiger partial charge in [-0.1, -0.05) is 0 Å². The van der Waals surface area contributed by atoms with E-state index in [1.807, 2.05) is 4.57 Å². The molecule has 3 N–H and O–H groups in total. The molecule has 1 fully saturated rings. The van der Waals surface area contributed by atoms with Gasteiger partial charge in [0.2, 0.25) is 17.8 Å². The van der Waals surface area contributed by atoms with Gasteiger partial charge in [-0.2, -0.15) is 4.98 Å². The van der Waals surface area contributed by atoms with Crippen LogP contribution in [0.25, 0.3) is 11.2 Å². The van der Waals surface area contributed by atoms with Gasteiger partial charge in [-0.15, -0.1) is 0 Å². The van der Waals surface area contributed by atoms with Crippen LogP contribution in [0.15, 0.2) is 48.7 Å². The molecule has 0 bridgehead atoms. The van der Waals surface area contributed by atoms with Gasteiger partial charge < -0.3 is 16.0 Å². The number of hydrogen-bond acceptors (Lipinski definition) is 6. The minimum atomic E-state index is -0.743. The molecule has 1 amide bonds. The number of imidazole rings is 1. The Kier molecular flexibility index (Phi) is 6.45. The van der Waals surface area contributed by atoms with E-state index in [4.69, 9.17) is 0 Å². The molecule has 2 aromatic carbocycles. The lowest BCUT2D eigenvalue weighted by Crippen LogP contribution is -2.36. The van der Waals surface area contributed by atoms with E-state index in [9.17, 15) is 18.0 Å². The average molecular weight is 496 g/mol. The topological polar surface area (TPSA) is 96.8 Å². The van der Waals surface area contributed by atoms with E-state index in [0.29, 0.717) is 28.7 Å². The van der Waals surface area contributed by atoms with Gasteiger partial charge in [0.15, 0.2) is 5.65 Å². The second kappa shape index (κ2) is 9.84. The first-order chi connectivity index (χ1) is 17.4. The minimum absolute atomic E-state index is 0.0282. The SMILES string of the molecule is CC(=O)N[C@H]1CC[C@H](n2c(Nc3ccc(F)cc3F)nc3cnc(Nc4ccc(F)cc4)nc32)CC1. The number of carbonyl (C=O) groups excluding carboxylic acids is 1. The van der Waals surface area contributed by atoms with Crippen LogP contribution >= 0.6 is 0 Å². The standard InChI is InChI=1S/C25H24F3N7O/c1-14(36)30-17-7-9-19(10-8-17)35-23-22(33-25(35)32-21-11-4-16(27)12-20(21)28)13-29-24(34-23)31-18-5-2-15(26)3-6-18/h2-6,11-13,17,19H,7-10H2,1H3,(H,30,36)(H,32,33)(H,29,31,34)/t17-,19-. The van der Waals surface area contributed by atoms with Crippen LogP contribution in [0.2, 0.25) is 0 Å². The predicted octanol–water partition coefficient (Wildman–Crippen LogP) is 5.35. The summed E-state index contributed by atoms with van der Waals surface area (Å²) < 4.78 is 43.0. The quantitative estimate of drug-likeness (QED) is 0.334. The summed E-state index contributed by atoms with van der Waals surface area (Å²) in [6, 6.07) is 9.16. The van der Waals surface area contributed by atoms with Crippen LogP contribution in [0.4, 0.5) is 36.4 Å². The summed E-state index contributed by atoms with van der Waals surface area (Å²) in [5.41, 5.74) is 1.72. The van der Waals surface area contributed by atoms with Crippen LogP contribution in [-0.2, 0) is 4.79 Å². The lowest BCUT2D eigenvalue weighted by atomic mass is 9.91. The van der Waals surface area contributed by atoms with Crippen LogP contribution in [0.5, 0.6) is 0 Å². The largest absolute Gasteiger partial charge is 0.354 e. The van der Waals surface area contributed by atoms with Gasteiger partial charge in [0.25, 0.3) is 0 Å². The van der Waals surface area contributed by atoms with Crippen molar-refractivity contribution in [2.24, 2.45) is 0 Å². The second-order valence-corrected chi connectivity index (χ2v) is 8.79. The van der Waals surface area contributed by atoms with Gasteiger partial charge in [-0.3, -0.25) is 9.36 Å². The van der Waals surface area contributed by atoms with E-state index in [-0.39, 0.29) is 29.5 Å². The summed E-state index contributed by atoms with van der Waals surface area (Å²) in [5, 5.41) is 9.01. The summed E-state index contributed by atoms with van der Waals surface area (Å²) in [6.07, 6.45) is 4.56. The average Bonchev–Trinajstić information content (AvgIpc) is 3.20. The van der Waals surface area contributed by atoms with Crippen LogP contribution in [-0.4, -0.2) is 31.5 Å². The molecule has 2 aromatic heterocycles. The van der Waals surface area contributed by atoms with Crippen molar-refractivity contribution in [1.29, 1.82) is 0 Å². The molecule has 1 saturated carbocycles. The lowest BCUT2D eigenvalue weighted by Gasteiger charge is -2.30. The maximum atomic E-state index is 14.4. The number of anilines is 4. The Morgan fingerprint density at radius 3 is 2.36 bits per heavy atom. The number of halogens is 3. The molecule has 4 aromatic rings. The Labute approximate surface area is 205 Å². The predicted molar refractivity (Wildman–Crippen MR) is 130 cm³/mol. The third-order valence-electron chi connectivity index (χ3n) is 6.18. The normalized spacial score (nSPS) is 17.7. The molecule has 0 spiro atoms. The van der Waals surface area contributed by atoms with Gasteiger partial charge in [-0.25, -0.2) is 23.1 Å². The molecular weight excluding hydrogens is 471 g/mol. The van der Waals surface area contributed by atoms with Crippen molar-refractivity contribution < 1.29 is 18.0 Å². The molecule has 0 atom stereocenters. The highest BCUT2D eigenvalue weighted by atomic mass is 19.1. The van der Waals surface area contributed by atoms with Gasteiger partial charge in [0.05, 0.1) is 11.9 Å². The highest BCUT2D eigenvalue weighted by Gasteiger charge is 2.27. The number of aromatic nitrogens is 4. The number of fused-ring (bicyclic) bond motifs is 1. The maximum absolute atomic E-state index is 14.4. The Morgan fingerprint density at radius 1 is 0.944 bits per heavy atom. The van der Waals surface area contributed by atoms with Crippen molar-refractivity contribution in [3.05, 3.63) is 66.1 Å². The number of amides is 1. The first kappa shape index (κ1) is 23.6. The summed E-state index contributed by atoms with van der Waals surface area (Å²) >= 11 is 0. The van der Waals surface area contributed by atoms with E-state index >= 15 is 0 Å². The highest BCUT2D eigenvalue weighted by Crippen LogP contribution is 2.35. The molecule has 0 radical (unpaired) electrons. The molecule has 8 nitrogen and oxygen atoms in total. The molecule has 1 aliphatic carbocycles. The summed E-state index contributed by atoms with van der Waals surface area (Å²) in [7, 11) is 0. The number of carbonyl (C=O) groups is 1. The van der Waals surface area contributed by atoms with E-state index in [2.05, 4.69) is 30.9 Å². The van der Waals surface area contributed by atoms with Crippen LogP contribution < -0.4 is 16.0 Å². The van der Waals surface area contributed by atoms with Crippen LogP contribution in [0.3, 0.4) is 0 Å². The Morgan fingerprint density at radius 2 is 1.67 bits per heavy atom. The third-order valence-corrected chi connectivity index (χ3v) is 6.18. The summed E-state index contributed by atoms with van der Waals surface area (Å²) in [5.74, 6) is -1.19. The van der Waals surface area contributed by atoms with Gasteiger partial charge in [0.1, 0.15) is 23.0 Å². The van der Waals surface area contributed by atoms with Crippen molar-refractivity contribution in [3.8, 4) is 0 Å². The first-order valence-electron chi connectivity index (χ1n) is 11.6. The van der Waals surface area contributed by atoms with Crippen molar-refractivity contribution in [2.45, 2.75) is 44.7 Å². The molecule has 0 aliphatic heterocycles. The fraction of sp³-hybridized carbons (Fsp3) is 0.280. The first-order valence-corrected chi connectivity index (χ1v) is 11.6. The molecule has 2 heterocycles. The van der Waals surface area contributed by atoms with E-state index < -0.39 is 11.6 Å². The van der Waals surface area contributed by atoms with E-state index in [0.717, 1.165) is 31.7 Å². The van der Waals surface area contributed by atoms with Crippen molar-refractivity contribution in [2.75, 3.05) is 10.6 Å². The number of nitrogens with zero attached hydrogens (tertiary/aromatic N) is 4. The zero-order chi connectivity index (χ0) is 25.2. The Hall–Kier alpha value is -4.15. The fourth-order valence-corrected chi connectivity index (χ4v) is 4.52. The molecule has 5 rings (SSSR count). The highest BCUT2D eigenvalue weighted by molar-refractivity contribution is 5.77. The van der Waals surface area contributed by atoms with Crippen LogP contribution in [0, 0.1) is 17.5 Å². The van der Waals surface area contributed by atoms with E-state index in [1.54, 1.807) is 18.3 Å². The lowest BCUT2D eigenvalue weighted by molar-refractivity contribution is -0.119. The monoisotopic (exact) mass is 495 g/mol. The summed E-state index contributed by atoms with van der Waals surface area (Å²) in [6.45, 7) is 1.50. The van der Waals surface area contributed by atoms with Gasteiger partial charge in [0, 0.05) is 30.8 Å². The number of hydrogen-bond donors (Lipinski definition) is 3.